The van der Waals surface area contributed by atoms with E-state index in [1.54, 1.807) is 0 Å². The lowest BCUT2D eigenvalue weighted by Gasteiger charge is -2.29. The summed E-state index contributed by atoms with van der Waals surface area (Å²) >= 11 is 8.25. The van der Waals surface area contributed by atoms with Gasteiger partial charge in [-0.1, -0.05) is 48.0 Å². The fourth-order valence-corrected chi connectivity index (χ4v) is 4.16. The molecule has 1 heterocycles. The van der Waals surface area contributed by atoms with Crippen molar-refractivity contribution in [3.05, 3.63) is 64.7 Å². The van der Waals surface area contributed by atoms with Crippen LogP contribution in [0.5, 0.6) is 0 Å². The summed E-state index contributed by atoms with van der Waals surface area (Å²) in [5.41, 5.74) is 2.59. The van der Waals surface area contributed by atoms with Crippen molar-refractivity contribution in [2.45, 2.75) is 30.3 Å². The second-order valence-corrected chi connectivity index (χ2v) is 6.68. The van der Waals surface area contributed by atoms with Crippen molar-refractivity contribution in [1.82, 2.24) is 5.32 Å². The van der Waals surface area contributed by atoms with Crippen LogP contribution in [-0.2, 0) is 0 Å². The summed E-state index contributed by atoms with van der Waals surface area (Å²) < 4.78 is 0. The molecule has 0 fully saturated rings. The standard InChI is InChI=1S/C17H18ClNS/c1-12(13-6-2-4-8-15(13)18)19-16-10-11-20-17-9-5-3-7-14(16)17/h2-9,12,16,19H,10-11H2,1H3. The molecule has 3 rings (SSSR count). The molecule has 2 atom stereocenters. The zero-order valence-corrected chi connectivity index (χ0v) is 13.0. The number of fused-ring (bicyclic) bond motifs is 1. The van der Waals surface area contributed by atoms with E-state index >= 15 is 0 Å². The van der Waals surface area contributed by atoms with Gasteiger partial charge in [-0.3, -0.25) is 0 Å². The normalized spacial score (nSPS) is 19.4. The van der Waals surface area contributed by atoms with Crippen LogP contribution in [0.15, 0.2) is 53.4 Å². The molecule has 2 aromatic rings. The lowest BCUT2D eigenvalue weighted by Crippen LogP contribution is -2.27. The van der Waals surface area contributed by atoms with Gasteiger partial charge in [0.2, 0.25) is 0 Å². The summed E-state index contributed by atoms with van der Waals surface area (Å²) in [5, 5.41) is 4.57. The Labute approximate surface area is 129 Å². The van der Waals surface area contributed by atoms with Crippen molar-refractivity contribution in [2.75, 3.05) is 5.75 Å². The number of benzene rings is 2. The maximum atomic E-state index is 6.29. The molecule has 3 heteroatoms. The van der Waals surface area contributed by atoms with E-state index in [1.165, 1.54) is 21.8 Å². The third kappa shape index (κ3) is 2.88. The molecule has 20 heavy (non-hydrogen) atoms. The van der Waals surface area contributed by atoms with Crippen molar-refractivity contribution < 1.29 is 0 Å². The Kier molecular flexibility index (Phi) is 4.35. The fourth-order valence-electron chi connectivity index (χ4n) is 2.73. The molecular formula is C17H18ClNS. The first-order valence-electron chi connectivity index (χ1n) is 6.98. The van der Waals surface area contributed by atoms with Gasteiger partial charge in [-0.15, -0.1) is 11.8 Å². The quantitative estimate of drug-likeness (QED) is 0.833. The summed E-state index contributed by atoms with van der Waals surface area (Å²) in [7, 11) is 0. The summed E-state index contributed by atoms with van der Waals surface area (Å²) in [6.07, 6.45) is 1.16. The molecule has 0 saturated carbocycles. The zero-order chi connectivity index (χ0) is 13.9. The average Bonchev–Trinajstić information content (AvgIpc) is 2.48. The van der Waals surface area contributed by atoms with Crippen molar-refractivity contribution in [2.24, 2.45) is 0 Å². The second-order valence-electron chi connectivity index (χ2n) is 5.14. The van der Waals surface area contributed by atoms with Gasteiger partial charge >= 0.3 is 0 Å². The molecule has 1 nitrogen and oxygen atoms in total. The first-order chi connectivity index (χ1) is 9.75. The Bertz CT molecular complexity index is 599. The first-order valence-corrected chi connectivity index (χ1v) is 8.34. The minimum absolute atomic E-state index is 0.254. The largest absolute Gasteiger partial charge is 0.303 e. The highest BCUT2D eigenvalue weighted by Gasteiger charge is 2.22. The van der Waals surface area contributed by atoms with Crippen LogP contribution in [0.4, 0.5) is 0 Å². The molecule has 0 spiro atoms. The monoisotopic (exact) mass is 303 g/mol. The van der Waals surface area contributed by atoms with Gasteiger partial charge in [0.05, 0.1) is 0 Å². The molecule has 1 N–H and O–H groups in total. The third-order valence-corrected chi connectivity index (χ3v) is 5.25. The molecule has 104 valence electrons. The zero-order valence-electron chi connectivity index (χ0n) is 11.5. The molecular weight excluding hydrogens is 286 g/mol. The Morgan fingerprint density at radius 1 is 1.15 bits per heavy atom. The maximum Gasteiger partial charge on any atom is 0.0453 e. The van der Waals surface area contributed by atoms with Gasteiger partial charge < -0.3 is 5.32 Å². The predicted octanol–water partition coefficient (Wildman–Crippen LogP) is 5.23. The van der Waals surface area contributed by atoms with Crippen LogP contribution in [0.2, 0.25) is 5.02 Å². The minimum Gasteiger partial charge on any atom is -0.303 e. The number of hydrogen-bond donors (Lipinski definition) is 1. The van der Waals surface area contributed by atoms with Crippen LogP contribution in [0, 0.1) is 0 Å². The molecule has 0 bridgehead atoms. The van der Waals surface area contributed by atoms with E-state index in [0.29, 0.717) is 6.04 Å². The SMILES string of the molecule is CC(NC1CCSc2ccccc21)c1ccccc1Cl. The number of halogens is 1. The van der Waals surface area contributed by atoms with Gasteiger partial charge in [-0.2, -0.15) is 0 Å². The molecule has 0 amide bonds. The number of hydrogen-bond acceptors (Lipinski definition) is 2. The summed E-state index contributed by atoms with van der Waals surface area (Å²) in [6, 6.07) is 17.4. The van der Waals surface area contributed by atoms with Gasteiger partial charge in [0.1, 0.15) is 0 Å². The number of rotatable bonds is 3. The van der Waals surface area contributed by atoms with E-state index in [4.69, 9.17) is 11.6 Å². The predicted molar refractivity (Wildman–Crippen MR) is 87.5 cm³/mol. The van der Waals surface area contributed by atoms with Crippen LogP contribution in [0.1, 0.15) is 36.6 Å². The van der Waals surface area contributed by atoms with Gasteiger partial charge in [0.15, 0.2) is 0 Å². The van der Waals surface area contributed by atoms with E-state index in [2.05, 4.69) is 42.6 Å². The molecule has 0 aromatic heterocycles. The molecule has 0 radical (unpaired) electrons. The smallest absolute Gasteiger partial charge is 0.0453 e. The lowest BCUT2D eigenvalue weighted by atomic mass is 10.0. The van der Waals surface area contributed by atoms with Crippen LogP contribution < -0.4 is 5.32 Å². The van der Waals surface area contributed by atoms with Gasteiger partial charge in [-0.05, 0) is 42.4 Å². The van der Waals surface area contributed by atoms with Crippen molar-refractivity contribution in [1.29, 1.82) is 0 Å². The third-order valence-electron chi connectivity index (χ3n) is 3.78. The Balaban J connectivity index is 1.81. The topological polar surface area (TPSA) is 12.0 Å². The van der Waals surface area contributed by atoms with Crippen molar-refractivity contribution >= 4 is 23.4 Å². The fraction of sp³-hybridized carbons (Fsp3) is 0.294. The van der Waals surface area contributed by atoms with E-state index in [1.807, 2.05) is 30.0 Å². The van der Waals surface area contributed by atoms with E-state index in [9.17, 15) is 0 Å². The van der Waals surface area contributed by atoms with Crippen LogP contribution in [-0.4, -0.2) is 5.75 Å². The molecule has 0 saturated heterocycles. The second kappa shape index (κ2) is 6.21. The number of thioether (sulfide) groups is 1. The number of nitrogens with one attached hydrogen (secondary N) is 1. The molecule has 2 unspecified atom stereocenters. The van der Waals surface area contributed by atoms with Crippen molar-refractivity contribution in [3.8, 4) is 0 Å². The van der Waals surface area contributed by atoms with Crippen molar-refractivity contribution in [3.63, 3.8) is 0 Å². The van der Waals surface area contributed by atoms with E-state index < -0.39 is 0 Å². The first kappa shape index (κ1) is 14.0. The Morgan fingerprint density at radius 3 is 2.75 bits per heavy atom. The van der Waals surface area contributed by atoms with Crippen LogP contribution in [0.3, 0.4) is 0 Å². The maximum absolute atomic E-state index is 6.29. The highest BCUT2D eigenvalue weighted by Crippen LogP contribution is 2.37. The summed E-state index contributed by atoms with van der Waals surface area (Å²) in [4.78, 5) is 1.41. The molecule has 0 aliphatic carbocycles. The van der Waals surface area contributed by atoms with E-state index in [-0.39, 0.29) is 6.04 Å². The average molecular weight is 304 g/mol. The Morgan fingerprint density at radius 2 is 1.90 bits per heavy atom. The molecule has 1 aliphatic heterocycles. The molecule has 2 aromatic carbocycles. The van der Waals surface area contributed by atoms with E-state index in [0.717, 1.165) is 11.4 Å². The summed E-state index contributed by atoms with van der Waals surface area (Å²) in [6.45, 7) is 2.19. The van der Waals surface area contributed by atoms with Crippen LogP contribution in [0.25, 0.3) is 0 Å². The van der Waals surface area contributed by atoms with Gasteiger partial charge in [0.25, 0.3) is 0 Å². The highest BCUT2D eigenvalue weighted by molar-refractivity contribution is 7.99. The van der Waals surface area contributed by atoms with Gasteiger partial charge in [0, 0.05) is 22.0 Å². The Hall–Kier alpha value is -0.960. The summed E-state index contributed by atoms with van der Waals surface area (Å²) in [5.74, 6) is 1.17. The molecule has 1 aliphatic rings. The minimum atomic E-state index is 0.254. The lowest BCUT2D eigenvalue weighted by molar-refractivity contribution is 0.450. The van der Waals surface area contributed by atoms with Gasteiger partial charge in [-0.25, -0.2) is 0 Å². The highest BCUT2D eigenvalue weighted by atomic mass is 35.5. The van der Waals surface area contributed by atoms with Crippen LogP contribution >= 0.6 is 23.4 Å².